The summed E-state index contributed by atoms with van der Waals surface area (Å²) in [5.41, 5.74) is 0.477. The summed E-state index contributed by atoms with van der Waals surface area (Å²) in [5, 5.41) is 2.71. The van der Waals surface area contributed by atoms with Gasteiger partial charge in [-0.05, 0) is 37.7 Å². The highest BCUT2D eigenvalue weighted by Gasteiger charge is 2.35. The number of rotatable bonds is 4. The van der Waals surface area contributed by atoms with E-state index in [1.165, 1.54) is 23.1 Å². The largest absolute Gasteiger partial charge is 0.416 e. The molecule has 8 heteroatoms. The van der Waals surface area contributed by atoms with Gasteiger partial charge in [-0.3, -0.25) is 19.4 Å². The summed E-state index contributed by atoms with van der Waals surface area (Å²) in [5.74, 6) is -0.668. The Morgan fingerprint density at radius 2 is 1.82 bits per heavy atom. The van der Waals surface area contributed by atoms with Gasteiger partial charge >= 0.3 is 6.18 Å². The molecule has 28 heavy (non-hydrogen) atoms. The molecule has 0 aliphatic carbocycles. The second-order valence-electron chi connectivity index (χ2n) is 6.74. The number of benzene rings is 2. The Labute approximate surface area is 160 Å². The fourth-order valence-corrected chi connectivity index (χ4v) is 3.18. The maximum absolute atomic E-state index is 13.2. The Morgan fingerprint density at radius 3 is 2.54 bits per heavy atom. The molecule has 148 valence electrons. The zero-order valence-corrected chi connectivity index (χ0v) is 15.5. The van der Waals surface area contributed by atoms with E-state index in [0.29, 0.717) is 11.4 Å². The first kappa shape index (κ1) is 19.9. The lowest BCUT2D eigenvalue weighted by atomic mass is 10.1. The molecule has 0 fully saturated rings. The summed E-state index contributed by atoms with van der Waals surface area (Å²) < 4.78 is 39.7. The molecule has 0 bridgehead atoms. The zero-order chi connectivity index (χ0) is 20.5. The minimum atomic E-state index is -4.46. The lowest BCUT2D eigenvalue weighted by molar-refractivity contribution is -0.138. The molecule has 1 N–H and O–H groups in total. The van der Waals surface area contributed by atoms with Gasteiger partial charge in [-0.25, -0.2) is 0 Å². The Bertz CT molecular complexity index is 898. The number of hydrogen-bond donors (Lipinski definition) is 1. The average Bonchev–Trinajstić information content (AvgIpc) is 2.65. The third-order valence-corrected chi connectivity index (χ3v) is 4.80. The van der Waals surface area contributed by atoms with Gasteiger partial charge in [-0.15, -0.1) is 0 Å². The van der Waals surface area contributed by atoms with Gasteiger partial charge in [0.05, 0.1) is 23.0 Å². The first-order valence-corrected chi connectivity index (χ1v) is 8.74. The second-order valence-corrected chi connectivity index (χ2v) is 6.74. The highest BCUT2D eigenvalue weighted by atomic mass is 19.4. The van der Waals surface area contributed by atoms with Gasteiger partial charge in [0, 0.05) is 6.54 Å². The van der Waals surface area contributed by atoms with Crippen molar-refractivity contribution in [3.63, 3.8) is 0 Å². The zero-order valence-electron chi connectivity index (χ0n) is 15.5. The van der Waals surface area contributed by atoms with E-state index in [0.717, 1.165) is 6.07 Å². The van der Waals surface area contributed by atoms with Crippen molar-refractivity contribution in [2.75, 3.05) is 23.8 Å². The fraction of sp³-hybridized carbons (Fsp3) is 0.300. The topological polar surface area (TPSA) is 52.7 Å². The number of fused-ring (bicyclic) bond motifs is 1. The van der Waals surface area contributed by atoms with Crippen molar-refractivity contribution < 1.29 is 22.8 Å². The molecule has 0 saturated heterocycles. The van der Waals surface area contributed by atoms with E-state index >= 15 is 0 Å². The summed E-state index contributed by atoms with van der Waals surface area (Å²) >= 11 is 0. The van der Waals surface area contributed by atoms with Crippen molar-refractivity contribution in [2.24, 2.45) is 0 Å². The molecular formula is C20H20F3N3O2. The highest BCUT2D eigenvalue weighted by molar-refractivity contribution is 6.11. The molecule has 3 rings (SSSR count). The van der Waals surface area contributed by atoms with Crippen LogP contribution < -0.4 is 10.2 Å². The minimum Gasteiger partial charge on any atom is -0.323 e. The van der Waals surface area contributed by atoms with E-state index in [1.54, 1.807) is 43.1 Å². The Balaban J connectivity index is 1.80. The van der Waals surface area contributed by atoms with E-state index in [4.69, 9.17) is 0 Å². The minimum absolute atomic E-state index is 0.0513. The standard InChI is InChI=1S/C20H20F3N3O2/c1-13(25(2)11-14-7-3-4-8-15(14)20(21,22)23)19(28)26-12-18(27)24-16-9-5-6-10-17(16)26/h3-10,13H,11-12H2,1-2H3,(H,24,27). The summed E-state index contributed by atoms with van der Waals surface area (Å²) in [4.78, 5) is 27.8. The van der Waals surface area contributed by atoms with Crippen LogP contribution in [0.3, 0.4) is 0 Å². The van der Waals surface area contributed by atoms with Crippen molar-refractivity contribution in [2.45, 2.75) is 25.7 Å². The number of alkyl halides is 3. The van der Waals surface area contributed by atoms with Crippen LogP contribution in [0.4, 0.5) is 24.5 Å². The molecule has 0 aromatic heterocycles. The van der Waals surface area contributed by atoms with Crippen LogP contribution in [0, 0.1) is 0 Å². The summed E-state index contributed by atoms with van der Waals surface area (Å²) in [6.45, 7) is 1.44. The number of nitrogens with one attached hydrogen (secondary N) is 1. The van der Waals surface area contributed by atoms with Crippen LogP contribution in [0.2, 0.25) is 0 Å². The molecule has 2 amide bonds. The van der Waals surface area contributed by atoms with E-state index in [1.807, 2.05) is 0 Å². The van der Waals surface area contributed by atoms with Crippen molar-refractivity contribution in [1.29, 1.82) is 0 Å². The third-order valence-electron chi connectivity index (χ3n) is 4.80. The maximum Gasteiger partial charge on any atom is 0.416 e. The number of carbonyl (C=O) groups is 2. The van der Waals surface area contributed by atoms with Crippen molar-refractivity contribution in [3.8, 4) is 0 Å². The van der Waals surface area contributed by atoms with E-state index in [9.17, 15) is 22.8 Å². The van der Waals surface area contributed by atoms with Crippen LogP contribution in [0.1, 0.15) is 18.1 Å². The maximum atomic E-state index is 13.2. The first-order valence-electron chi connectivity index (χ1n) is 8.74. The van der Waals surface area contributed by atoms with E-state index in [2.05, 4.69) is 5.32 Å². The van der Waals surface area contributed by atoms with Gasteiger partial charge in [0.2, 0.25) is 11.8 Å². The predicted octanol–water partition coefficient (Wildman–Crippen LogP) is 3.51. The van der Waals surface area contributed by atoms with Crippen LogP contribution in [-0.2, 0) is 22.3 Å². The molecule has 2 aromatic rings. The molecule has 2 aromatic carbocycles. The van der Waals surface area contributed by atoms with Crippen molar-refractivity contribution in [1.82, 2.24) is 4.90 Å². The van der Waals surface area contributed by atoms with Crippen molar-refractivity contribution in [3.05, 3.63) is 59.7 Å². The number of anilines is 2. The van der Waals surface area contributed by atoms with Gasteiger partial charge in [0.15, 0.2) is 0 Å². The second kappa shape index (κ2) is 7.63. The predicted molar refractivity (Wildman–Crippen MR) is 99.8 cm³/mol. The summed E-state index contributed by atoms with van der Waals surface area (Å²) in [6, 6.07) is 11.5. The summed E-state index contributed by atoms with van der Waals surface area (Å²) in [6.07, 6.45) is -4.46. The Hall–Kier alpha value is -2.87. The molecule has 0 saturated carbocycles. The van der Waals surface area contributed by atoms with Crippen LogP contribution in [0.25, 0.3) is 0 Å². The van der Waals surface area contributed by atoms with Gasteiger partial charge in [-0.2, -0.15) is 13.2 Å². The monoisotopic (exact) mass is 391 g/mol. The number of nitrogens with zero attached hydrogens (tertiary/aromatic N) is 2. The molecular weight excluding hydrogens is 371 g/mol. The molecule has 1 heterocycles. The normalized spacial score (nSPS) is 15.2. The van der Waals surface area contributed by atoms with E-state index in [-0.39, 0.29) is 30.5 Å². The SMILES string of the molecule is CC(C(=O)N1CC(=O)Nc2ccccc21)N(C)Cc1ccccc1C(F)(F)F. The summed E-state index contributed by atoms with van der Waals surface area (Å²) in [7, 11) is 1.59. The van der Waals surface area contributed by atoms with Crippen LogP contribution >= 0.6 is 0 Å². The van der Waals surface area contributed by atoms with Crippen LogP contribution in [0.5, 0.6) is 0 Å². The number of likely N-dealkylation sites (N-methyl/N-ethyl adjacent to an activating group) is 1. The molecule has 1 aliphatic heterocycles. The molecule has 5 nitrogen and oxygen atoms in total. The van der Waals surface area contributed by atoms with Gasteiger partial charge in [-0.1, -0.05) is 30.3 Å². The van der Waals surface area contributed by atoms with E-state index < -0.39 is 17.8 Å². The van der Waals surface area contributed by atoms with Gasteiger partial charge in [0.1, 0.15) is 6.54 Å². The molecule has 1 atom stereocenters. The molecule has 0 radical (unpaired) electrons. The number of carbonyl (C=O) groups excluding carboxylic acids is 2. The first-order chi connectivity index (χ1) is 13.2. The average molecular weight is 391 g/mol. The Kier molecular flexibility index (Phi) is 5.42. The van der Waals surface area contributed by atoms with Crippen LogP contribution in [0.15, 0.2) is 48.5 Å². The number of hydrogen-bond acceptors (Lipinski definition) is 3. The number of para-hydroxylation sites is 2. The van der Waals surface area contributed by atoms with Gasteiger partial charge < -0.3 is 5.32 Å². The molecule has 1 unspecified atom stereocenters. The number of halogens is 3. The quantitative estimate of drug-likeness (QED) is 0.868. The van der Waals surface area contributed by atoms with Gasteiger partial charge in [0.25, 0.3) is 0 Å². The lowest BCUT2D eigenvalue weighted by Gasteiger charge is -2.34. The lowest BCUT2D eigenvalue weighted by Crippen LogP contribution is -2.50. The molecule has 1 aliphatic rings. The number of amides is 2. The van der Waals surface area contributed by atoms with Crippen molar-refractivity contribution >= 4 is 23.2 Å². The highest BCUT2D eigenvalue weighted by Crippen LogP contribution is 2.33. The fourth-order valence-electron chi connectivity index (χ4n) is 3.18. The van der Waals surface area contributed by atoms with Crippen LogP contribution in [-0.4, -0.2) is 36.3 Å². The smallest absolute Gasteiger partial charge is 0.323 e. The molecule has 0 spiro atoms. The Morgan fingerprint density at radius 1 is 1.18 bits per heavy atom. The third kappa shape index (κ3) is 4.01.